The fourth-order valence-electron chi connectivity index (χ4n) is 1.93. The van der Waals surface area contributed by atoms with E-state index < -0.39 is 0 Å². The molecular formula is C16H27NO. The third-order valence-electron chi connectivity index (χ3n) is 3.09. The van der Waals surface area contributed by atoms with E-state index >= 15 is 0 Å². The van der Waals surface area contributed by atoms with E-state index in [0.29, 0.717) is 0 Å². The van der Waals surface area contributed by atoms with Crippen molar-refractivity contribution in [1.29, 1.82) is 0 Å². The zero-order valence-corrected chi connectivity index (χ0v) is 11.8. The van der Waals surface area contributed by atoms with Crippen LogP contribution in [0.5, 0.6) is 5.75 Å². The molecule has 18 heavy (non-hydrogen) atoms. The summed E-state index contributed by atoms with van der Waals surface area (Å²) in [5.41, 5.74) is 0. The first-order valence-electron chi connectivity index (χ1n) is 7.21. The van der Waals surface area contributed by atoms with Crippen LogP contribution < -0.4 is 10.1 Å². The number of ether oxygens (including phenoxy) is 1. The maximum absolute atomic E-state index is 5.68. The molecule has 0 aromatic heterocycles. The van der Waals surface area contributed by atoms with Crippen molar-refractivity contribution in [3.63, 3.8) is 0 Å². The van der Waals surface area contributed by atoms with Gasteiger partial charge >= 0.3 is 0 Å². The standard InChI is InChI=1S/C16H27NO/c1-3-12-17-13-11-15(2)8-7-14-18-16-9-5-4-6-10-16/h4-6,9-10,15,17H,3,7-8,11-14H2,1-2H3. The fraction of sp³-hybridized carbons (Fsp3) is 0.625. The Morgan fingerprint density at radius 1 is 1.11 bits per heavy atom. The van der Waals surface area contributed by atoms with Crippen LogP contribution in [-0.4, -0.2) is 19.7 Å². The second-order valence-corrected chi connectivity index (χ2v) is 4.95. The molecule has 0 spiro atoms. The molecule has 1 N–H and O–H groups in total. The normalized spacial score (nSPS) is 12.3. The summed E-state index contributed by atoms with van der Waals surface area (Å²) < 4.78 is 5.68. The Bertz CT molecular complexity index is 286. The summed E-state index contributed by atoms with van der Waals surface area (Å²) in [7, 11) is 0. The monoisotopic (exact) mass is 249 g/mol. The minimum Gasteiger partial charge on any atom is -0.494 e. The number of benzene rings is 1. The van der Waals surface area contributed by atoms with E-state index in [4.69, 9.17) is 4.74 Å². The van der Waals surface area contributed by atoms with Crippen molar-refractivity contribution >= 4 is 0 Å². The molecule has 1 unspecified atom stereocenters. The molecule has 1 atom stereocenters. The lowest BCUT2D eigenvalue weighted by Crippen LogP contribution is -2.18. The molecule has 0 heterocycles. The van der Waals surface area contributed by atoms with Crippen molar-refractivity contribution in [2.75, 3.05) is 19.7 Å². The van der Waals surface area contributed by atoms with Crippen LogP contribution in [0, 0.1) is 5.92 Å². The smallest absolute Gasteiger partial charge is 0.119 e. The maximum atomic E-state index is 5.68. The van der Waals surface area contributed by atoms with Crippen LogP contribution in [0.4, 0.5) is 0 Å². The second-order valence-electron chi connectivity index (χ2n) is 4.95. The molecule has 2 nitrogen and oxygen atoms in total. The second kappa shape index (κ2) is 9.95. The molecule has 0 aliphatic carbocycles. The highest BCUT2D eigenvalue weighted by Crippen LogP contribution is 2.12. The van der Waals surface area contributed by atoms with Crippen LogP contribution in [0.15, 0.2) is 30.3 Å². The zero-order valence-electron chi connectivity index (χ0n) is 11.8. The first kappa shape index (κ1) is 15.0. The number of rotatable bonds is 10. The highest BCUT2D eigenvalue weighted by molar-refractivity contribution is 5.20. The van der Waals surface area contributed by atoms with Crippen LogP contribution in [0.3, 0.4) is 0 Å². The molecule has 0 bridgehead atoms. The van der Waals surface area contributed by atoms with Gasteiger partial charge in [-0.15, -0.1) is 0 Å². The third-order valence-corrected chi connectivity index (χ3v) is 3.09. The van der Waals surface area contributed by atoms with E-state index in [2.05, 4.69) is 19.2 Å². The van der Waals surface area contributed by atoms with E-state index in [0.717, 1.165) is 37.8 Å². The van der Waals surface area contributed by atoms with Crippen molar-refractivity contribution < 1.29 is 4.74 Å². The molecule has 0 aliphatic rings. The van der Waals surface area contributed by atoms with Gasteiger partial charge in [-0.2, -0.15) is 0 Å². The summed E-state index contributed by atoms with van der Waals surface area (Å²) >= 11 is 0. The number of hydrogen-bond acceptors (Lipinski definition) is 2. The largest absolute Gasteiger partial charge is 0.494 e. The SMILES string of the molecule is CCCNCCC(C)CCCOc1ccccc1. The lowest BCUT2D eigenvalue weighted by atomic mass is 10.0. The van der Waals surface area contributed by atoms with Crippen LogP contribution >= 0.6 is 0 Å². The molecule has 0 saturated carbocycles. The van der Waals surface area contributed by atoms with Gasteiger partial charge in [-0.05, 0) is 56.8 Å². The molecule has 1 rings (SSSR count). The van der Waals surface area contributed by atoms with Gasteiger partial charge in [0, 0.05) is 0 Å². The molecule has 0 aliphatic heterocycles. The fourth-order valence-corrected chi connectivity index (χ4v) is 1.93. The molecule has 0 fully saturated rings. The Morgan fingerprint density at radius 2 is 1.89 bits per heavy atom. The van der Waals surface area contributed by atoms with Crippen molar-refractivity contribution in [2.24, 2.45) is 5.92 Å². The highest BCUT2D eigenvalue weighted by atomic mass is 16.5. The van der Waals surface area contributed by atoms with Gasteiger partial charge in [0.05, 0.1) is 6.61 Å². The molecule has 0 saturated heterocycles. The summed E-state index contributed by atoms with van der Waals surface area (Å²) in [6, 6.07) is 10.1. The van der Waals surface area contributed by atoms with E-state index in [1.54, 1.807) is 0 Å². The van der Waals surface area contributed by atoms with E-state index in [1.165, 1.54) is 19.3 Å². The number of para-hydroxylation sites is 1. The summed E-state index contributed by atoms with van der Waals surface area (Å²) in [6.45, 7) is 7.66. The summed E-state index contributed by atoms with van der Waals surface area (Å²) in [6.07, 6.45) is 4.88. The van der Waals surface area contributed by atoms with Crippen molar-refractivity contribution in [3.05, 3.63) is 30.3 Å². The first-order valence-corrected chi connectivity index (χ1v) is 7.21. The lowest BCUT2D eigenvalue weighted by molar-refractivity contribution is 0.292. The van der Waals surface area contributed by atoms with Gasteiger partial charge < -0.3 is 10.1 Å². The van der Waals surface area contributed by atoms with Gasteiger partial charge in [-0.25, -0.2) is 0 Å². The van der Waals surface area contributed by atoms with Crippen LogP contribution in [-0.2, 0) is 0 Å². The van der Waals surface area contributed by atoms with Gasteiger partial charge in [0.25, 0.3) is 0 Å². The van der Waals surface area contributed by atoms with Gasteiger partial charge in [-0.1, -0.05) is 32.0 Å². The average molecular weight is 249 g/mol. The van der Waals surface area contributed by atoms with Gasteiger partial charge in [0.15, 0.2) is 0 Å². The Balaban J connectivity index is 1.97. The summed E-state index contributed by atoms with van der Waals surface area (Å²) in [5, 5.41) is 3.45. The topological polar surface area (TPSA) is 21.3 Å². The minimum atomic E-state index is 0.786. The van der Waals surface area contributed by atoms with E-state index in [-0.39, 0.29) is 0 Å². The Morgan fingerprint density at radius 3 is 2.61 bits per heavy atom. The van der Waals surface area contributed by atoms with Gasteiger partial charge in [0.2, 0.25) is 0 Å². The maximum Gasteiger partial charge on any atom is 0.119 e. The van der Waals surface area contributed by atoms with Crippen molar-refractivity contribution in [1.82, 2.24) is 5.32 Å². The lowest BCUT2D eigenvalue weighted by Gasteiger charge is -2.12. The molecule has 1 aromatic carbocycles. The number of nitrogens with one attached hydrogen (secondary N) is 1. The first-order chi connectivity index (χ1) is 8.83. The van der Waals surface area contributed by atoms with Gasteiger partial charge in [0.1, 0.15) is 5.75 Å². The molecule has 0 radical (unpaired) electrons. The summed E-state index contributed by atoms with van der Waals surface area (Å²) in [5.74, 6) is 1.77. The molecule has 102 valence electrons. The Hall–Kier alpha value is -1.02. The predicted octanol–water partition coefficient (Wildman–Crippen LogP) is 3.87. The molecule has 0 amide bonds. The van der Waals surface area contributed by atoms with Crippen LogP contribution in [0.1, 0.15) is 39.5 Å². The summed E-state index contributed by atoms with van der Waals surface area (Å²) in [4.78, 5) is 0. The number of hydrogen-bond donors (Lipinski definition) is 1. The van der Waals surface area contributed by atoms with E-state index in [1.807, 2.05) is 30.3 Å². The third kappa shape index (κ3) is 7.33. The molecule has 1 aromatic rings. The zero-order chi connectivity index (χ0) is 13.1. The minimum absolute atomic E-state index is 0.786. The quantitative estimate of drug-likeness (QED) is 0.636. The molecule has 2 heteroatoms. The average Bonchev–Trinajstić information content (AvgIpc) is 2.41. The van der Waals surface area contributed by atoms with Crippen LogP contribution in [0.2, 0.25) is 0 Å². The van der Waals surface area contributed by atoms with Crippen molar-refractivity contribution in [3.8, 4) is 5.75 Å². The Kier molecular flexibility index (Phi) is 8.32. The van der Waals surface area contributed by atoms with Crippen molar-refractivity contribution in [2.45, 2.75) is 39.5 Å². The Labute approximate surface area is 112 Å². The molecular weight excluding hydrogens is 222 g/mol. The van der Waals surface area contributed by atoms with E-state index in [9.17, 15) is 0 Å². The highest BCUT2D eigenvalue weighted by Gasteiger charge is 2.01. The predicted molar refractivity (Wildman–Crippen MR) is 78.1 cm³/mol. The van der Waals surface area contributed by atoms with Gasteiger partial charge in [-0.3, -0.25) is 0 Å². The van der Waals surface area contributed by atoms with Crippen LogP contribution in [0.25, 0.3) is 0 Å².